The van der Waals surface area contributed by atoms with E-state index >= 15 is 0 Å². The number of esters is 1. The number of ether oxygens (including phenoxy) is 1. The van der Waals surface area contributed by atoms with Crippen LogP contribution >= 0.6 is 34.7 Å². The highest BCUT2D eigenvalue weighted by Gasteiger charge is 2.17. The zero-order valence-electron chi connectivity index (χ0n) is 16.2. The summed E-state index contributed by atoms with van der Waals surface area (Å²) in [6, 6.07) is 17.0. The quantitative estimate of drug-likeness (QED) is 0.173. The van der Waals surface area contributed by atoms with Gasteiger partial charge in [0.05, 0.1) is 44.2 Å². The maximum absolute atomic E-state index is 13.3. The molecule has 0 saturated heterocycles. The van der Waals surface area contributed by atoms with Gasteiger partial charge in [0, 0.05) is 0 Å². The Kier molecular flexibility index (Phi) is 6.22. The highest BCUT2D eigenvalue weighted by Crippen LogP contribution is 2.26. The monoisotopic (exact) mass is 470 g/mol. The molecule has 0 aliphatic rings. The molecule has 0 aliphatic carbocycles. The maximum atomic E-state index is 13.3. The van der Waals surface area contributed by atoms with Crippen molar-refractivity contribution in [3.8, 4) is 5.69 Å². The van der Waals surface area contributed by atoms with Gasteiger partial charge in [0.15, 0.2) is 10.9 Å². The molecule has 0 atom stereocenters. The van der Waals surface area contributed by atoms with E-state index in [9.17, 15) is 14.4 Å². The fraction of sp³-hybridized carbons (Fsp3) is 0.0909. The topological polar surface area (TPSA) is 78.3 Å². The molecule has 2 aromatic heterocycles. The number of rotatable bonds is 6. The molecule has 4 aromatic rings. The normalized spacial score (nSPS) is 10.9. The van der Waals surface area contributed by atoms with Gasteiger partial charge in [-0.15, -0.1) is 11.3 Å². The fourth-order valence-electron chi connectivity index (χ4n) is 2.98. The Morgan fingerprint density at radius 2 is 1.90 bits per heavy atom. The third-order valence-corrected chi connectivity index (χ3v) is 6.67. The lowest BCUT2D eigenvalue weighted by Crippen LogP contribution is -2.22. The molecule has 0 amide bonds. The summed E-state index contributed by atoms with van der Waals surface area (Å²) in [5, 5.41) is 0.707. The number of fused-ring (bicyclic) bond motifs is 1. The van der Waals surface area contributed by atoms with E-state index in [1.807, 2.05) is 18.2 Å². The van der Waals surface area contributed by atoms with Crippen molar-refractivity contribution in [1.29, 1.82) is 0 Å². The molecule has 0 saturated carbocycles. The molecule has 0 spiro atoms. The second kappa shape index (κ2) is 9.05. The Hall–Kier alpha value is -2.94. The minimum Gasteiger partial charge on any atom is -0.465 e. The number of Topliss-reactive ketones (excluding diaryl/α,β-unsaturated/α-hetero) is 1. The summed E-state index contributed by atoms with van der Waals surface area (Å²) in [5.74, 6) is -0.549. The van der Waals surface area contributed by atoms with Crippen LogP contribution in [-0.2, 0) is 4.74 Å². The number of benzene rings is 2. The number of thiophene rings is 1. The molecule has 0 aliphatic heterocycles. The number of nitrogens with zero attached hydrogens (tertiary/aromatic N) is 2. The summed E-state index contributed by atoms with van der Waals surface area (Å²) in [7, 11) is 1.29. The van der Waals surface area contributed by atoms with Gasteiger partial charge in [0.2, 0.25) is 0 Å². The first-order chi connectivity index (χ1) is 15.0. The smallest absolute Gasteiger partial charge is 0.337 e. The summed E-state index contributed by atoms with van der Waals surface area (Å²) in [4.78, 5) is 42.9. The molecule has 2 aromatic carbocycles. The number of halogens is 1. The van der Waals surface area contributed by atoms with Crippen LogP contribution in [0.5, 0.6) is 0 Å². The van der Waals surface area contributed by atoms with Gasteiger partial charge in [-0.05, 0) is 42.5 Å². The fourth-order valence-corrected chi connectivity index (χ4v) is 4.95. The van der Waals surface area contributed by atoms with Gasteiger partial charge in [-0.3, -0.25) is 14.2 Å². The Morgan fingerprint density at radius 1 is 1.13 bits per heavy atom. The third kappa shape index (κ3) is 4.41. The van der Waals surface area contributed by atoms with Crippen molar-refractivity contribution in [3.63, 3.8) is 0 Å². The average molecular weight is 471 g/mol. The number of carbonyl (C=O) groups excluding carboxylic acids is 2. The zero-order valence-corrected chi connectivity index (χ0v) is 18.6. The number of thioether (sulfide) groups is 1. The molecular formula is C22H15ClN2O4S2. The highest BCUT2D eigenvalue weighted by atomic mass is 35.5. The van der Waals surface area contributed by atoms with E-state index in [1.165, 1.54) is 35.1 Å². The minimum atomic E-state index is -0.519. The molecule has 2 heterocycles. The Morgan fingerprint density at radius 3 is 2.58 bits per heavy atom. The van der Waals surface area contributed by atoms with Gasteiger partial charge < -0.3 is 4.74 Å². The van der Waals surface area contributed by atoms with Crippen molar-refractivity contribution >= 4 is 57.4 Å². The number of carbonyl (C=O) groups is 2. The summed E-state index contributed by atoms with van der Waals surface area (Å²) >= 11 is 8.29. The molecule has 0 radical (unpaired) electrons. The van der Waals surface area contributed by atoms with Gasteiger partial charge in [0.25, 0.3) is 5.56 Å². The highest BCUT2D eigenvalue weighted by molar-refractivity contribution is 7.99. The van der Waals surface area contributed by atoms with Gasteiger partial charge in [-0.25, -0.2) is 9.78 Å². The minimum absolute atomic E-state index is 0.0817. The molecule has 31 heavy (non-hydrogen) atoms. The van der Waals surface area contributed by atoms with Crippen molar-refractivity contribution in [2.24, 2.45) is 0 Å². The van der Waals surface area contributed by atoms with Crippen molar-refractivity contribution < 1.29 is 14.3 Å². The Bertz CT molecular complexity index is 1350. The van der Waals surface area contributed by atoms with Crippen LogP contribution in [0.15, 0.2) is 70.6 Å². The van der Waals surface area contributed by atoms with E-state index in [1.54, 1.807) is 30.3 Å². The van der Waals surface area contributed by atoms with Crippen LogP contribution in [0.3, 0.4) is 0 Å². The first-order valence-corrected chi connectivity index (χ1v) is 11.3. The lowest BCUT2D eigenvalue weighted by atomic mass is 10.1. The number of methoxy groups -OCH3 is 1. The molecule has 156 valence electrons. The summed E-state index contributed by atoms with van der Waals surface area (Å²) in [6.45, 7) is 0. The van der Waals surface area contributed by atoms with Crippen LogP contribution in [0.1, 0.15) is 20.0 Å². The Balaban J connectivity index is 1.80. The number of hydrogen-bond acceptors (Lipinski definition) is 7. The van der Waals surface area contributed by atoms with Crippen LogP contribution in [0.4, 0.5) is 0 Å². The molecular weight excluding hydrogens is 456 g/mol. The molecule has 0 N–H and O–H groups in total. The SMILES string of the molecule is COC(=O)c1ccc2c(=O)n(-c3ccccc3)c(SCC(=O)c3ccc(Cl)s3)nc2c1. The molecule has 0 unspecified atom stereocenters. The van der Waals surface area contributed by atoms with E-state index < -0.39 is 5.97 Å². The second-order valence-electron chi connectivity index (χ2n) is 6.41. The van der Waals surface area contributed by atoms with Crippen LogP contribution in [-0.4, -0.2) is 34.2 Å². The molecule has 9 heteroatoms. The van der Waals surface area contributed by atoms with E-state index in [0.717, 1.165) is 11.8 Å². The van der Waals surface area contributed by atoms with Gasteiger partial charge in [0.1, 0.15) is 0 Å². The molecule has 6 nitrogen and oxygen atoms in total. The average Bonchev–Trinajstić information content (AvgIpc) is 3.23. The molecule has 0 fully saturated rings. The number of hydrogen-bond donors (Lipinski definition) is 0. The van der Waals surface area contributed by atoms with E-state index in [2.05, 4.69) is 4.98 Å². The lowest BCUT2D eigenvalue weighted by Gasteiger charge is -2.13. The van der Waals surface area contributed by atoms with E-state index in [-0.39, 0.29) is 17.1 Å². The van der Waals surface area contributed by atoms with Crippen LogP contribution in [0.25, 0.3) is 16.6 Å². The first-order valence-electron chi connectivity index (χ1n) is 9.10. The van der Waals surface area contributed by atoms with Crippen LogP contribution in [0.2, 0.25) is 4.34 Å². The molecule has 0 bridgehead atoms. The predicted octanol–water partition coefficient (Wildman–Crippen LogP) is 4.86. The van der Waals surface area contributed by atoms with Crippen molar-refractivity contribution in [1.82, 2.24) is 9.55 Å². The van der Waals surface area contributed by atoms with Crippen LogP contribution in [0, 0.1) is 0 Å². The predicted molar refractivity (Wildman–Crippen MR) is 123 cm³/mol. The second-order valence-corrected chi connectivity index (χ2v) is 9.07. The van der Waals surface area contributed by atoms with Crippen molar-refractivity contribution in [2.75, 3.05) is 12.9 Å². The van der Waals surface area contributed by atoms with E-state index in [4.69, 9.17) is 16.3 Å². The standard InChI is InChI=1S/C22H15ClN2O4S2/c1-29-21(28)13-7-8-15-16(11-13)24-22(25(20(15)27)14-5-3-2-4-6-14)30-12-17(26)18-9-10-19(23)31-18/h2-11H,12H2,1H3. The summed E-state index contributed by atoms with van der Waals surface area (Å²) in [6.07, 6.45) is 0. The third-order valence-electron chi connectivity index (χ3n) is 4.45. The Labute approximate surface area is 190 Å². The zero-order chi connectivity index (χ0) is 22.0. The van der Waals surface area contributed by atoms with Crippen molar-refractivity contribution in [2.45, 2.75) is 5.16 Å². The maximum Gasteiger partial charge on any atom is 0.337 e. The van der Waals surface area contributed by atoms with Crippen LogP contribution < -0.4 is 5.56 Å². The van der Waals surface area contributed by atoms with Gasteiger partial charge in [-0.2, -0.15) is 0 Å². The summed E-state index contributed by atoms with van der Waals surface area (Å²) in [5.41, 5.74) is 0.989. The molecule has 4 rings (SSSR count). The number of ketones is 1. The number of aromatic nitrogens is 2. The lowest BCUT2D eigenvalue weighted by molar-refractivity contribution is 0.0600. The van der Waals surface area contributed by atoms with Gasteiger partial charge >= 0.3 is 5.97 Å². The van der Waals surface area contributed by atoms with E-state index in [0.29, 0.717) is 36.5 Å². The van der Waals surface area contributed by atoms with Gasteiger partial charge in [-0.1, -0.05) is 41.6 Å². The first kappa shape index (κ1) is 21.3. The summed E-state index contributed by atoms with van der Waals surface area (Å²) < 4.78 is 6.77. The number of para-hydroxylation sites is 1. The largest absolute Gasteiger partial charge is 0.465 e. The van der Waals surface area contributed by atoms with Crippen molar-refractivity contribution in [3.05, 3.63) is 85.8 Å².